The Bertz CT molecular complexity index is 347. The van der Waals surface area contributed by atoms with Crippen LogP contribution in [0.1, 0.15) is 23.8 Å². The third-order valence-electron chi connectivity index (χ3n) is 2.98. The van der Waals surface area contributed by atoms with Crippen molar-refractivity contribution in [2.24, 2.45) is 0 Å². The second-order valence-corrected chi connectivity index (χ2v) is 5.18. The molecule has 4 nitrogen and oxygen atoms in total. The van der Waals surface area contributed by atoms with E-state index in [4.69, 9.17) is 4.74 Å². The number of hydrogen-bond acceptors (Lipinski definition) is 5. The quantitative estimate of drug-likeness (QED) is 0.778. The Labute approximate surface area is 105 Å². The molecular weight excluding hydrogens is 236 g/mol. The Morgan fingerprint density at radius 1 is 1.76 bits per heavy atom. The van der Waals surface area contributed by atoms with Gasteiger partial charge in [-0.1, -0.05) is 6.07 Å². The minimum Gasteiger partial charge on any atom is -0.469 e. The summed E-state index contributed by atoms with van der Waals surface area (Å²) < 4.78 is 4.75. The first-order valence-electron chi connectivity index (χ1n) is 5.86. The average Bonchev–Trinajstić information content (AvgIpc) is 3.00. The van der Waals surface area contributed by atoms with Crippen molar-refractivity contribution >= 4 is 17.3 Å². The fourth-order valence-electron chi connectivity index (χ4n) is 2.06. The molecule has 0 aliphatic carbocycles. The van der Waals surface area contributed by atoms with E-state index in [0.29, 0.717) is 12.5 Å². The van der Waals surface area contributed by atoms with E-state index < -0.39 is 0 Å². The Morgan fingerprint density at radius 2 is 2.65 bits per heavy atom. The molecular formula is C12H18N2O2S. The number of carbonyl (C=O) groups is 1. The largest absolute Gasteiger partial charge is 0.469 e. The maximum atomic E-state index is 11.4. The molecule has 1 saturated heterocycles. The molecule has 1 fully saturated rings. The van der Waals surface area contributed by atoms with Crippen molar-refractivity contribution in [3.05, 3.63) is 22.4 Å². The summed E-state index contributed by atoms with van der Waals surface area (Å²) >= 11 is 1.68. The van der Waals surface area contributed by atoms with E-state index in [9.17, 15) is 4.79 Å². The molecule has 1 aliphatic heterocycles. The molecule has 0 saturated carbocycles. The minimum absolute atomic E-state index is 0.0762. The standard InChI is InChI=1S/C12H18N2O2S/c1-16-12(15)7-10(11-3-2-6-17-11)14-9-4-5-13-8-9/h2-3,6,9-10,13-14H,4-5,7-8H2,1H3. The van der Waals surface area contributed by atoms with E-state index in [-0.39, 0.29) is 12.0 Å². The Kier molecular flexibility index (Phi) is 4.53. The molecule has 2 unspecified atom stereocenters. The second kappa shape index (κ2) is 6.14. The molecule has 0 amide bonds. The summed E-state index contributed by atoms with van der Waals surface area (Å²) in [5, 5.41) is 8.88. The van der Waals surface area contributed by atoms with Crippen molar-refractivity contribution in [3.63, 3.8) is 0 Å². The predicted molar refractivity (Wildman–Crippen MR) is 68.1 cm³/mol. The lowest BCUT2D eigenvalue weighted by molar-refractivity contribution is -0.141. The monoisotopic (exact) mass is 254 g/mol. The number of ether oxygens (including phenoxy) is 1. The highest BCUT2D eigenvalue weighted by Gasteiger charge is 2.22. The summed E-state index contributed by atoms with van der Waals surface area (Å²) in [5.41, 5.74) is 0. The van der Waals surface area contributed by atoms with Crippen molar-refractivity contribution in [1.82, 2.24) is 10.6 Å². The molecule has 1 aliphatic rings. The normalized spacial score (nSPS) is 21.4. The highest BCUT2D eigenvalue weighted by atomic mass is 32.1. The van der Waals surface area contributed by atoms with Gasteiger partial charge in [-0.3, -0.25) is 4.79 Å². The van der Waals surface area contributed by atoms with Gasteiger partial charge in [-0.15, -0.1) is 11.3 Å². The first kappa shape index (κ1) is 12.5. The molecule has 5 heteroatoms. The van der Waals surface area contributed by atoms with Crippen LogP contribution in [0.4, 0.5) is 0 Å². The molecule has 2 rings (SSSR count). The fraction of sp³-hybridized carbons (Fsp3) is 0.583. The van der Waals surface area contributed by atoms with Gasteiger partial charge < -0.3 is 15.4 Å². The molecule has 94 valence electrons. The van der Waals surface area contributed by atoms with Crippen LogP contribution in [-0.2, 0) is 9.53 Å². The van der Waals surface area contributed by atoms with Gasteiger partial charge in [0.25, 0.3) is 0 Å². The summed E-state index contributed by atoms with van der Waals surface area (Å²) in [7, 11) is 1.44. The zero-order valence-corrected chi connectivity index (χ0v) is 10.8. The Hall–Kier alpha value is -0.910. The van der Waals surface area contributed by atoms with E-state index in [1.165, 1.54) is 12.0 Å². The molecule has 0 spiro atoms. The van der Waals surface area contributed by atoms with E-state index in [2.05, 4.69) is 16.7 Å². The van der Waals surface area contributed by atoms with Crippen LogP contribution in [0, 0.1) is 0 Å². The molecule has 2 N–H and O–H groups in total. The molecule has 1 aromatic heterocycles. The number of nitrogens with one attached hydrogen (secondary N) is 2. The van der Waals surface area contributed by atoms with Gasteiger partial charge in [0.2, 0.25) is 0 Å². The molecule has 17 heavy (non-hydrogen) atoms. The SMILES string of the molecule is COC(=O)CC(NC1CCNC1)c1cccs1. The van der Waals surface area contributed by atoms with Gasteiger partial charge >= 0.3 is 5.97 Å². The summed E-state index contributed by atoms with van der Waals surface area (Å²) in [4.78, 5) is 12.6. The number of carbonyl (C=O) groups excluding carboxylic acids is 1. The molecule has 0 radical (unpaired) electrons. The van der Waals surface area contributed by atoms with Gasteiger partial charge in [-0.2, -0.15) is 0 Å². The molecule has 2 atom stereocenters. The zero-order chi connectivity index (χ0) is 12.1. The average molecular weight is 254 g/mol. The van der Waals surface area contributed by atoms with E-state index >= 15 is 0 Å². The summed E-state index contributed by atoms with van der Waals surface area (Å²) in [6.45, 7) is 2.02. The third-order valence-corrected chi connectivity index (χ3v) is 3.97. The van der Waals surface area contributed by atoms with Crippen LogP contribution in [0.5, 0.6) is 0 Å². The number of thiophene rings is 1. The second-order valence-electron chi connectivity index (χ2n) is 4.20. The van der Waals surface area contributed by atoms with Crippen LogP contribution in [0.2, 0.25) is 0 Å². The van der Waals surface area contributed by atoms with Gasteiger partial charge in [0, 0.05) is 17.5 Å². The first-order chi connectivity index (χ1) is 8.29. The number of esters is 1. The highest BCUT2D eigenvalue weighted by Crippen LogP contribution is 2.23. The van der Waals surface area contributed by atoms with Crippen molar-refractivity contribution < 1.29 is 9.53 Å². The minimum atomic E-state index is -0.165. The third kappa shape index (κ3) is 3.52. The smallest absolute Gasteiger partial charge is 0.307 e. The van der Waals surface area contributed by atoms with Gasteiger partial charge in [-0.05, 0) is 24.4 Å². The van der Waals surface area contributed by atoms with Gasteiger partial charge in [0.05, 0.1) is 19.6 Å². The lowest BCUT2D eigenvalue weighted by Gasteiger charge is -2.20. The van der Waals surface area contributed by atoms with Crippen LogP contribution in [0.15, 0.2) is 17.5 Å². The van der Waals surface area contributed by atoms with Crippen LogP contribution in [0.25, 0.3) is 0 Å². The number of hydrogen-bond donors (Lipinski definition) is 2. The predicted octanol–water partition coefficient (Wildman–Crippen LogP) is 1.30. The zero-order valence-electron chi connectivity index (χ0n) is 9.94. The van der Waals surface area contributed by atoms with Gasteiger partial charge in [0.15, 0.2) is 0 Å². The lowest BCUT2D eigenvalue weighted by Crippen LogP contribution is -2.35. The lowest BCUT2D eigenvalue weighted by atomic mass is 10.1. The maximum absolute atomic E-state index is 11.4. The van der Waals surface area contributed by atoms with Crippen LogP contribution >= 0.6 is 11.3 Å². The van der Waals surface area contributed by atoms with Gasteiger partial charge in [0.1, 0.15) is 0 Å². The molecule has 0 bridgehead atoms. The Balaban J connectivity index is 1.98. The molecule has 1 aromatic rings. The number of methoxy groups -OCH3 is 1. The van der Waals surface area contributed by atoms with E-state index in [1.54, 1.807) is 11.3 Å². The maximum Gasteiger partial charge on any atom is 0.307 e. The summed E-state index contributed by atoms with van der Waals surface area (Å²) in [6.07, 6.45) is 1.51. The molecule has 0 aromatic carbocycles. The van der Waals surface area contributed by atoms with Crippen LogP contribution in [-0.4, -0.2) is 32.2 Å². The number of rotatable bonds is 5. The van der Waals surface area contributed by atoms with Crippen molar-refractivity contribution in [1.29, 1.82) is 0 Å². The van der Waals surface area contributed by atoms with Gasteiger partial charge in [-0.25, -0.2) is 0 Å². The summed E-state index contributed by atoms with van der Waals surface area (Å²) in [6, 6.07) is 4.60. The van der Waals surface area contributed by atoms with E-state index in [1.807, 2.05) is 11.4 Å². The van der Waals surface area contributed by atoms with Crippen LogP contribution < -0.4 is 10.6 Å². The topological polar surface area (TPSA) is 50.4 Å². The fourth-order valence-corrected chi connectivity index (χ4v) is 2.85. The van der Waals surface area contributed by atoms with Crippen molar-refractivity contribution in [2.45, 2.75) is 24.9 Å². The first-order valence-corrected chi connectivity index (χ1v) is 6.74. The van der Waals surface area contributed by atoms with E-state index in [0.717, 1.165) is 19.5 Å². The Morgan fingerprint density at radius 3 is 3.24 bits per heavy atom. The summed E-state index contributed by atoms with van der Waals surface area (Å²) in [5.74, 6) is -0.165. The highest BCUT2D eigenvalue weighted by molar-refractivity contribution is 7.10. The van der Waals surface area contributed by atoms with Crippen LogP contribution in [0.3, 0.4) is 0 Å². The van der Waals surface area contributed by atoms with Crippen molar-refractivity contribution in [3.8, 4) is 0 Å². The van der Waals surface area contributed by atoms with Crippen molar-refractivity contribution in [2.75, 3.05) is 20.2 Å². The molecule has 2 heterocycles.